The Hall–Kier alpha value is -1.55. The first kappa shape index (κ1) is 16.8. The number of aryl methyl sites for hydroxylation is 1. The summed E-state index contributed by atoms with van der Waals surface area (Å²) < 4.78 is 5.69. The number of carbonyl (C=O) groups excluding carboxylic acids is 1. The summed E-state index contributed by atoms with van der Waals surface area (Å²) in [5.41, 5.74) is 2.45. The maximum Gasteiger partial charge on any atom is 0.222 e. The van der Waals surface area contributed by atoms with Crippen LogP contribution in [0.1, 0.15) is 44.2 Å². The molecule has 0 saturated carbocycles. The smallest absolute Gasteiger partial charge is 0.222 e. The van der Waals surface area contributed by atoms with Crippen LogP contribution in [0.4, 0.5) is 0 Å². The lowest BCUT2D eigenvalue weighted by molar-refractivity contribution is -0.131. The largest absolute Gasteiger partial charge is 0.494 e. The van der Waals surface area contributed by atoms with E-state index in [0.29, 0.717) is 18.9 Å². The maximum absolute atomic E-state index is 12.2. The first-order valence-corrected chi connectivity index (χ1v) is 8.36. The average Bonchev–Trinajstić information content (AvgIpc) is 2.54. The molecule has 1 N–H and O–H groups in total. The van der Waals surface area contributed by atoms with Crippen molar-refractivity contribution in [1.82, 2.24) is 10.2 Å². The molecule has 4 heteroatoms. The third-order valence-electron chi connectivity index (χ3n) is 4.09. The molecule has 1 heterocycles. The summed E-state index contributed by atoms with van der Waals surface area (Å²) in [5, 5.41) is 3.27. The quantitative estimate of drug-likeness (QED) is 0.878. The lowest BCUT2D eigenvalue weighted by Gasteiger charge is -2.27. The Balaban J connectivity index is 1.97. The third-order valence-corrected chi connectivity index (χ3v) is 4.09. The fraction of sp³-hybridized carbons (Fsp3) is 0.611. The van der Waals surface area contributed by atoms with Crippen LogP contribution in [-0.4, -0.2) is 43.6 Å². The summed E-state index contributed by atoms with van der Waals surface area (Å²) in [6.07, 6.45) is 1.39. The van der Waals surface area contributed by atoms with Gasteiger partial charge in [-0.05, 0) is 36.5 Å². The summed E-state index contributed by atoms with van der Waals surface area (Å²) >= 11 is 0. The van der Waals surface area contributed by atoms with Crippen LogP contribution < -0.4 is 10.1 Å². The van der Waals surface area contributed by atoms with E-state index < -0.39 is 0 Å². The van der Waals surface area contributed by atoms with Crippen LogP contribution in [0.3, 0.4) is 0 Å². The van der Waals surface area contributed by atoms with Crippen LogP contribution in [-0.2, 0) is 11.2 Å². The standard InChI is InChI=1S/C18H28N2O2/c1-4-22-17-7-5-15(13-16(17)14(2)3)6-8-18(21)20-11-9-19-10-12-20/h5,7,13-14,19H,4,6,8-12H2,1-3H3. The van der Waals surface area contributed by atoms with Gasteiger partial charge in [-0.25, -0.2) is 0 Å². The second kappa shape index (κ2) is 8.18. The monoisotopic (exact) mass is 304 g/mol. The fourth-order valence-electron chi connectivity index (χ4n) is 2.82. The normalized spacial score (nSPS) is 15.2. The molecule has 0 bridgehead atoms. The minimum atomic E-state index is 0.265. The van der Waals surface area contributed by atoms with Gasteiger partial charge in [0.1, 0.15) is 5.75 Å². The lowest BCUT2D eigenvalue weighted by atomic mass is 9.97. The van der Waals surface area contributed by atoms with Crippen molar-refractivity contribution in [2.24, 2.45) is 0 Å². The van der Waals surface area contributed by atoms with Crippen LogP contribution in [0.15, 0.2) is 18.2 Å². The van der Waals surface area contributed by atoms with Gasteiger partial charge in [0.2, 0.25) is 5.91 Å². The van der Waals surface area contributed by atoms with Crippen molar-refractivity contribution >= 4 is 5.91 Å². The first-order chi connectivity index (χ1) is 10.6. The zero-order valence-corrected chi connectivity index (χ0v) is 14.0. The number of carbonyl (C=O) groups is 1. The van der Waals surface area contributed by atoms with Crippen molar-refractivity contribution in [3.05, 3.63) is 29.3 Å². The number of piperazine rings is 1. The van der Waals surface area contributed by atoms with Crippen molar-refractivity contribution in [3.8, 4) is 5.75 Å². The highest BCUT2D eigenvalue weighted by atomic mass is 16.5. The predicted molar refractivity (Wildman–Crippen MR) is 89.5 cm³/mol. The SMILES string of the molecule is CCOc1ccc(CCC(=O)N2CCNCC2)cc1C(C)C. The molecule has 4 nitrogen and oxygen atoms in total. The maximum atomic E-state index is 12.2. The highest BCUT2D eigenvalue weighted by Gasteiger charge is 2.16. The Morgan fingerprint density at radius 1 is 1.32 bits per heavy atom. The summed E-state index contributed by atoms with van der Waals surface area (Å²) in [6, 6.07) is 6.33. The molecule has 1 amide bonds. The number of nitrogens with one attached hydrogen (secondary N) is 1. The molecule has 0 atom stereocenters. The lowest BCUT2D eigenvalue weighted by Crippen LogP contribution is -2.46. The van der Waals surface area contributed by atoms with Crippen molar-refractivity contribution in [2.75, 3.05) is 32.8 Å². The number of ether oxygens (including phenoxy) is 1. The molecule has 0 unspecified atom stereocenters. The number of nitrogens with zero attached hydrogens (tertiary/aromatic N) is 1. The van der Waals surface area contributed by atoms with Crippen LogP contribution in [0.2, 0.25) is 0 Å². The molecule has 1 aliphatic rings. The number of hydrogen-bond donors (Lipinski definition) is 1. The summed E-state index contributed by atoms with van der Waals surface area (Å²) in [5.74, 6) is 1.65. The highest BCUT2D eigenvalue weighted by Crippen LogP contribution is 2.28. The molecule has 1 aliphatic heterocycles. The number of rotatable bonds is 6. The molecule has 2 rings (SSSR count). The van der Waals surface area contributed by atoms with Crippen LogP contribution >= 0.6 is 0 Å². The molecular formula is C18H28N2O2. The summed E-state index contributed by atoms with van der Waals surface area (Å²) in [7, 11) is 0. The van der Waals surface area contributed by atoms with Gasteiger partial charge < -0.3 is 15.0 Å². The third kappa shape index (κ3) is 4.47. The van der Waals surface area contributed by atoms with Crippen molar-refractivity contribution in [1.29, 1.82) is 0 Å². The van der Waals surface area contributed by atoms with E-state index in [2.05, 4.69) is 31.3 Å². The van der Waals surface area contributed by atoms with E-state index in [1.165, 1.54) is 11.1 Å². The van der Waals surface area contributed by atoms with Crippen molar-refractivity contribution in [3.63, 3.8) is 0 Å². The van der Waals surface area contributed by atoms with E-state index in [1.54, 1.807) is 0 Å². The van der Waals surface area contributed by atoms with Gasteiger partial charge in [0.25, 0.3) is 0 Å². The fourth-order valence-corrected chi connectivity index (χ4v) is 2.82. The van der Waals surface area contributed by atoms with Gasteiger partial charge in [0.15, 0.2) is 0 Å². The molecule has 0 aromatic heterocycles. The second-order valence-electron chi connectivity index (χ2n) is 6.09. The van der Waals surface area contributed by atoms with Gasteiger partial charge in [-0.2, -0.15) is 0 Å². The Kier molecular flexibility index (Phi) is 6.25. The molecule has 22 heavy (non-hydrogen) atoms. The summed E-state index contributed by atoms with van der Waals surface area (Å²) in [4.78, 5) is 14.2. The predicted octanol–water partition coefficient (Wildman–Crippen LogP) is 2.57. The zero-order valence-electron chi connectivity index (χ0n) is 14.0. The minimum absolute atomic E-state index is 0.265. The molecule has 1 aromatic carbocycles. The summed E-state index contributed by atoms with van der Waals surface area (Å²) in [6.45, 7) is 10.5. The number of amides is 1. The molecular weight excluding hydrogens is 276 g/mol. The van der Waals surface area contributed by atoms with E-state index in [-0.39, 0.29) is 5.91 Å². The van der Waals surface area contributed by atoms with Gasteiger partial charge in [-0.3, -0.25) is 4.79 Å². The van der Waals surface area contributed by atoms with Gasteiger partial charge in [-0.1, -0.05) is 26.0 Å². The van der Waals surface area contributed by atoms with E-state index in [1.807, 2.05) is 17.9 Å². The molecule has 1 aromatic rings. The Labute approximate surface area is 133 Å². The Morgan fingerprint density at radius 2 is 2.05 bits per heavy atom. The molecule has 0 spiro atoms. The van der Waals surface area contributed by atoms with Gasteiger partial charge in [0, 0.05) is 32.6 Å². The average molecular weight is 304 g/mol. The van der Waals surface area contributed by atoms with Crippen molar-refractivity contribution < 1.29 is 9.53 Å². The minimum Gasteiger partial charge on any atom is -0.494 e. The molecule has 0 radical (unpaired) electrons. The highest BCUT2D eigenvalue weighted by molar-refractivity contribution is 5.76. The van der Waals surface area contributed by atoms with Crippen LogP contribution in [0.25, 0.3) is 0 Å². The molecule has 1 fully saturated rings. The second-order valence-corrected chi connectivity index (χ2v) is 6.09. The Bertz CT molecular complexity index is 494. The van der Waals surface area contributed by atoms with E-state index in [0.717, 1.165) is 38.3 Å². The van der Waals surface area contributed by atoms with Crippen LogP contribution in [0.5, 0.6) is 5.75 Å². The van der Waals surface area contributed by atoms with E-state index in [4.69, 9.17) is 4.74 Å². The Morgan fingerprint density at radius 3 is 2.68 bits per heavy atom. The van der Waals surface area contributed by atoms with Gasteiger partial charge in [-0.15, -0.1) is 0 Å². The molecule has 122 valence electrons. The van der Waals surface area contributed by atoms with E-state index >= 15 is 0 Å². The van der Waals surface area contributed by atoms with Gasteiger partial charge in [0.05, 0.1) is 6.61 Å². The zero-order chi connectivity index (χ0) is 15.9. The molecule has 0 aliphatic carbocycles. The van der Waals surface area contributed by atoms with Crippen LogP contribution in [0, 0.1) is 0 Å². The van der Waals surface area contributed by atoms with Gasteiger partial charge >= 0.3 is 0 Å². The number of benzene rings is 1. The van der Waals surface area contributed by atoms with Crippen molar-refractivity contribution in [2.45, 2.75) is 39.5 Å². The molecule has 1 saturated heterocycles. The first-order valence-electron chi connectivity index (χ1n) is 8.36. The van der Waals surface area contributed by atoms with E-state index in [9.17, 15) is 4.79 Å². The topological polar surface area (TPSA) is 41.6 Å². The number of hydrogen-bond acceptors (Lipinski definition) is 3.